The lowest BCUT2D eigenvalue weighted by molar-refractivity contribution is 0.00467. The molecule has 5 nitrogen and oxygen atoms in total. The number of aliphatic hydroxyl groups is 1. The second-order valence-electron chi connectivity index (χ2n) is 6.75. The summed E-state index contributed by atoms with van der Waals surface area (Å²) < 4.78 is 17.1. The van der Waals surface area contributed by atoms with E-state index in [1.54, 1.807) is 0 Å². The Morgan fingerprint density at radius 1 is 1.17 bits per heavy atom. The molecule has 1 aromatic carbocycles. The van der Waals surface area contributed by atoms with Crippen LogP contribution in [0.15, 0.2) is 22.6 Å². The highest BCUT2D eigenvalue weighted by Crippen LogP contribution is 2.33. The van der Waals surface area contributed by atoms with Gasteiger partial charge in [0.15, 0.2) is 0 Å². The van der Waals surface area contributed by atoms with Crippen molar-refractivity contribution in [1.82, 2.24) is 4.90 Å². The minimum atomic E-state index is -0.489. The normalized spacial score (nSPS) is 20.0. The van der Waals surface area contributed by atoms with Crippen LogP contribution in [0.2, 0.25) is 0 Å². The number of β-amino-alcohol motifs (C(OH)–C–C–N with tert-alkyl or cyclic N) is 1. The van der Waals surface area contributed by atoms with Gasteiger partial charge in [-0.2, -0.15) is 0 Å². The molecule has 0 radical (unpaired) electrons. The van der Waals surface area contributed by atoms with Gasteiger partial charge in [0, 0.05) is 37.0 Å². The Bertz CT molecular complexity index is 690. The molecule has 2 heterocycles. The van der Waals surface area contributed by atoms with Gasteiger partial charge in [0.25, 0.3) is 0 Å². The van der Waals surface area contributed by atoms with E-state index in [1.807, 2.05) is 12.1 Å². The topological polar surface area (TPSA) is 55.1 Å². The molecule has 130 valence electrons. The van der Waals surface area contributed by atoms with Crippen molar-refractivity contribution in [1.29, 1.82) is 0 Å². The molecule has 1 saturated heterocycles. The fourth-order valence-electron chi connectivity index (χ4n) is 3.66. The van der Waals surface area contributed by atoms with Crippen LogP contribution in [0, 0.1) is 0 Å². The molecule has 4 rings (SSSR count). The molecule has 0 amide bonds. The number of morpholine rings is 1. The second-order valence-corrected chi connectivity index (χ2v) is 6.75. The highest BCUT2D eigenvalue weighted by atomic mass is 16.5. The zero-order chi connectivity index (χ0) is 16.4. The lowest BCUT2D eigenvalue weighted by Gasteiger charge is -2.28. The van der Waals surface area contributed by atoms with Crippen LogP contribution in [0.1, 0.15) is 24.2 Å². The van der Waals surface area contributed by atoms with Crippen LogP contribution in [0.3, 0.4) is 0 Å². The summed E-state index contributed by atoms with van der Waals surface area (Å²) in [5, 5.41) is 11.4. The maximum Gasteiger partial charge on any atom is 0.134 e. The second kappa shape index (κ2) is 7.13. The summed E-state index contributed by atoms with van der Waals surface area (Å²) >= 11 is 0. The fraction of sp³-hybridized carbons (Fsp3) is 0.579. The van der Waals surface area contributed by atoms with Gasteiger partial charge in [0.1, 0.15) is 29.8 Å². The number of benzene rings is 1. The monoisotopic (exact) mass is 331 g/mol. The lowest BCUT2D eigenvalue weighted by atomic mass is 9.96. The summed E-state index contributed by atoms with van der Waals surface area (Å²) in [4.78, 5) is 2.22. The summed E-state index contributed by atoms with van der Waals surface area (Å²) in [5.74, 6) is 1.94. The van der Waals surface area contributed by atoms with Crippen molar-refractivity contribution in [3.8, 4) is 5.75 Å². The van der Waals surface area contributed by atoms with Gasteiger partial charge in [0.2, 0.25) is 0 Å². The first-order valence-corrected chi connectivity index (χ1v) is 8.95. The molecule has 2 aliphatic rings. The van der Waals surface area contributed by atoms with E-state index in [2.05, 4.69) is 11.0 Å². The largest absolute Gasteiger partial charge is 0.491 e. The minimum absolute atomic E-state index is 0.308. The van der Waals surface area contributed by atoms with Gasteiger partial charge in [-0.25, -0.2) is 0 Å². The summed E-state index contributed by atoms with van der Waals surface area (Å²) in [6.07, 6.45) is 4.08. The first kappa shape index (κ1) is 15.9. The van der Waals surface area contributed by atoms with Crippen LogP contribution in [-0.4, -0.2) is 55.6 Å². The highest BCUT2D eigenvalue weighted by Gasteiger charge is 2.19. The maximum atomic E-state index is 10.2. The Morgan fingerprint density at radius 3 is 2.88 bits per heavy atom. The SMILES string of the molecule is OC(COc1ccc2oc3c(c2c1)CCCC3)CN1CCOCC1. The summed E-state index contributed by atoms with van der Waals surface area (Å²) in [5.41, 5.74) is 2.29. The van der Waals surface area contributed by atoms with Gasteiger partial charge in [0.05, 0.1) is 13.2 Å². The van der Waals surface area contributed by atoms with Gasteiger partial charge in [-0.1, -0.05) is 0 Å². The van der Waals surface area contributed by atoms with Crippen LogP contribution in [0.25, 0.3) is 11.0 Å². The number of nitrogens with zero attached hydrogens (tertiary/aromatic N) is 1. The van der Waals surface area contributed by atoms with E-state index in [4.69, 9.17) is 13.9 Å². The molecule has 24 heavy (non-hydrogen) atoms. The molecular weight excluding hydrogens is 306 g/mol. The van der Waals surface area contributed by atoms with E-state index < -0.39 is 6.10 Å². The van der Waals surface area contributed by atoms with Crippen molar-refractivity contribution in [2.75, 3.05) is 39.5 Å². The van der Waals surface area contributed by atoms with Gasteiger partial charge < -0.3 is 19.0 Å². The molecule has 1 aliphatic heterocycles. The molecule has 1 atom stereocenters. The summed E-state index contributed by atoms with van der Waals surface area (Å²) in [6.45, 7) is 4.19. The number of aliphatic hydroxyl groups excluding tert-OH is 1. The number of hydrogen-bond acceptors (Lipinski definition) is 5. The number of hydrogen-bond donors (Lipinski definition) is 1. The Balaban J connectivity index is 1.39. The summed E-state index contributed by atoms with van der Waals surface area (Å²) in [6, 6.07) is 5.97. The van der Waals surface area contributed by atoms with Gasteiger partial charge in [-0.15, -0.1) is 0 Å². The van der Waals surface area contributed by atoms with E-state index in [0.29, 0.717) is 13.2 Å². The third-order valence-electron chi connectivity index (χ3n) is 4.94. The van der Waals surface area contributed by atoms with E-state index in [0.717, 1.165) is 56.2 Å². The smallest absolute Gasteiger partial charge is 0.134 e. The molecule has 1 unspecified atom stereocenters. The molecular formula is C19H25NO4. The number of ether oxygens (including phenoxy) is 2. The molecule has 2 aromatic rings. The lowest BCUT2D eigenvalue weighted by Crippen LogP contribution is -2.42. The average molecular weight is 331 g/mol. The van der Waals surface area contributed by atoms with Crippen LogP contribution in [0.5, 0.6) is 5.75 Å². The van der Waals surface area contributed by atoms with Crippen molar-refractivity contribution in [3.05, 3.63) is 29.5 Å². The molecule has 1 fully saturated rings. The highest BCUT2D eigenvalue weighted by molar-refractivity contribution is 5.84. The molecule has 1 N–H and O–H groups in total. The van der Waals surface area contributed by atoms with Crippen LogP contribution in [0.4, 0.5) is 0 Å². The minimum Gasteiger partial charge on any atom is -0.491 e. The first-order valence-electron chi connectivity index (χ1n) is 8.95. The van der Waals surface area contributed by atoms with Gasteiger partial charge in [-0.3, -0.25) is 4.90 Å². The van der Waals surface area contributed by atoms with Crippen LogP contribution >= 0.6 is 0 Å². The quantitative estimate of drug-likeness (QED) is 0.912. The molecule has 0 bridgehead atoms. The predicted octanol–water partition coefficient (Wildman–Crippen LogP) is 2.38. The maximum absolute atomic E-state index is 10.2. The Morgan fingerprint density at radius 2 is 2.00 bits per heavy atom. The fourth-order valence-corrected chi connectivity index (χ4v) is 3.66. The van der Waals surface area contributed by atoms with Crippen molar-refractivity contribution in [3.63, 3.8) is 0 Å². The standard InChI is InChI=1S/C19H25NO4/c21-14(12-20-7-9-22-10-8-20)13-23-15-5-6-19-17(11-15)16-3-1-2-4-18(16)24-19/h5-6,11,14,21H,1-4,7-10,12-13H2. The Hall–Kier alpha value is -1.56. The predicted molar refractivity (Wildman–Crippen MR) is 91.6 cm³/mol. The third kappa shape index (κ3) is 3.43. The summed E-state index contributed by atoms with van der Waals surface area (Å²) in [7, 11) is 0. The van der Waals surface area contributed by atoms with Crippen LogP contribution < -0.4 is 4.74 Å². The van der Waals surface area contributed by atoms with Crippen molar-refractivity contribution >= 4 is 11.0 Å². The van der Waals surface area contributed by atoms with E-state index in [9.17, 15) is 5.11 Å². The van der Waals surface area contributed by atoms with E-state index in [-0.39, 0.29) is 0 Å². The molecule has 1 aliphatic carbocycles. The molecule has 5 heteroatoms. The number of fused-ring (bicyclic) bond motifs is 3. The van der Waals surface area contributed by atoms with Gasteiger partial charge >= 0.3 is 0 Å². The van der Waals surface area contributed by atoms with Crippen LogP contribution in [-0.2, 0) is 17.6 Å². The Labute approximate surface area is 142 Å². The number of furan rings is 1. The van der Waals surface area contributed by atoms with Crippen molar-refractivity contribution in [2.45, 2.75) is 31.8 Å². The number of aryl methyl sites for hydroxylation is 2. The first-order chi connectivity index (χ1) is 11.8. The van der Waals surface area contributed by atoms with E-state index in [1.165, 1.54) is 23.8 Å². The molecule has 0 saturated carbocycles. The zero-order valence-corrected chi connectivity index (χ0v) is 14.0. The number of rotatable bonds is 5. The third-order valence-corrected chi connectivity index (χ3v) is 4.94. The zero-order valence-electron chi connectivity index (χ0n) is 14.0. The average Bonchev–Trinajstić information content (AvgIpc) is 2.99. The molecule has 0 spiro atoms. The van der Waals surface area contributed by atoms with Crippen molar-refractivity contribution < 1.29 is 19.0 Å². The van der Waals surface area contributed by atoms with Crippen molar-refractivity contribution in [2.24, 2.45) is 0 Å². The molecule has 1 aromatic heterocycles. The Kier molecular flexibility index (Phi) is 4.74. The van der Waals surface area contributed by atoms with E-state index >= 15 is 0 Å². The van der Waals surface area contributed by atoms with Gasteiger partial charge in [-0.05, 0) is 37.5 Å².